The van der Waals surface area contributed by atoms with Crippen LogP contribution < -0.4 is 10.6 Å². The fourth-order valence-electron chi connectivity index (χ4n) is 3.66. The number of carboxylic acids is 1. The molecule has 0 aromatic heterocycles. The van der Waals surface area contributed by atoms with Gasteiger partial charge < -0.3 is 15.7 Å². The highest BCUT2D eigenvalue weighted by atomic mass is 16.4. The molecule has 2 fully saturated rings. The molecule has 0 saturated heterocycles. The van der Waals surface area contributed by atoms with E-state index in [9.17, 15) is 14.4 Å². The molecule has 0 spiro atoms. The van der Waals surface area contributed by atoms with Crippen molar-refractivity contribution in [3.63, 3.8) is 0 Å². The van der Waals surface area contributed by atoms with E-state index in [0.29, 0.717) is 25.2 Å². The van der Waals surface area contributed by atoms with Gasteiger partial charge in [-0.1, -0.05) is 12.8 Å². The number of carboxylic acid groups (broad SMARTS) is 1. The van der Waals surface area contributed by atoms with Gasteiger partial charge in [0.25, 0.3) is 0 Å². The number of aliphatic carboxylic acids is 1. The third kappa shape index (κ3) is 5.52. The van der Waals surface area contributed by atoms with Crippen LogP contribution in [0.1, 0.15) is 64.7 Å². The second kappa shape index (κ2) is 8.31. The van der Waals surface area contributed by atoms with Crippen molar-refractivity contribution in [2.24, 2.45) is 11.8 Å². The predicted octanol–water partition coefficient (Wildman–Crippen LogP) is 1.83. The average Bonchev–Trinajstić information content (AvgIpc) is 3.00. The highest BCUT2D eigenvalue weighted by molar-refractivity contribution is 5.84. The van der Waals surface area contributed by atoms with Crippen molar-refractivity contribution in [1.29, 1.82) is 0 Å². The van der Waals surface area contributed by atoms with Gasteiger partial charge in [0.05, 0.1) is 0 Å². The number of hydrogen-bond donors (Lipinski definition) is 3. The SMILES string of the molecule is C[C@H](NC(=O)C1CCC(NC(=O)CC2CCCC2)CC1)C(=O)O. The monoisotopic (exact) mass is 324 g/mol. The molecule has 2 amide bonds. The van der Waals surface area contributed by atoms with E-state index in [-0.39, 0.29) is 23.8 Å². The maximum absolute atomic E-state index is 12.0. The third-order valence-electron chi connectivity index (χ3n) is 5.14. The fraction of sp³-hybridized carbons (Fsp3) is 0.824. The molecule has 0 unspecified atom stereocenters. The molecule has 2 aliphatic carbocycles. The topological polar surface area (TPSA) is 95.5 Å². The zero-order valence-corrected chi connectivity index (χ0v) is 13.8. The van der Waals surface area contributed by atoms with Crippen LogP contribution in [0, 0.1) is 11.8 Å². The molecule has 130 valence electrons. The second-order valence-corrected chi connectivity index (χ2v) is 7.04. The van der Waals surface area contributed by atoms with E-state index in [1.807, 2.05) is 0 Å². The lowest BCUT2D eigenvalue weighted by Gasteiger charge is -2.29. The van der Waals surface area contributed by atoms with E-state index in [0.717, 1.165) is 12.8 Å². The van der Waals surface area contributed by atoms with Crippen molar-refractivity contribution in [3.8, 4) is 0 Å². The molecule has 3 N–H and O–H groups in total. The predicted molar refractivity (Wildman–Crippen MR) is 85.7 cm³/mol. The first kappa shape index (κ1) is 17.8. The van der Waals surface area contributed by atoms with Gasteiger partial charge >= 0.3 is 5.97 Å². The van der Waals surface area contributed by atoms with E-state index in [1.165, 1.54) is 32.6 Å². The van der Waals surface area contributed by atoms with Gasteiger partial charge in [-0.3, -0.25) is 14.4 Å². The summed E-state index contributed by atoms with van der Waals surface area (Å²) in [5, 5.41) is 14.5. The summed E-state index contributed by atoms with van der Waals surface area (Å²) in [6.07, 6.45) is 8.44. The second-order valence-electron chi connectivity index (χ2n) is 7.04. The molecule has 0 aromatic carbocycles. The fourth-order valence-corrected chi connectivity index (χ4v) is 3.66. The van der Waals surface area contributed by atoms with Gasteiger partial charge in [-0.2, -0.15) is 0 Å². The molecule has 23 heavy (non-hydrogen) atoms. The molecule has 0 heterocycles. The minimum Gasteiger partial charge on any atom is -0.480 e. The summed E-state index contributed by atoms with van der Waals surface area (Å²) in [6, 6.07) is -0.698. The number of nitrogens with one attached hydrogen (secondary N) is 2. The van der Waals surface area contributed by atoms with Crippen LogP contribution in [0.3, 0.4) is 0 Å². The first-order valence-corrected chi connectivity index (χ1v) is 8.78. The maximum Gasteiger partial charge on any atom is 0.325 e. The zero-order chi connectivity index (χ0) is 16.8. The number of hydrogen-bond acceptors (Lipinski definition) is 3. The molecule has 0 aromatic rings. The van der Waals surface area contributed by atoms with Crippen molar-refractivity contribution in [2.45, 2.75) is 76.8 Å². The van der Waals surface area contributed by atoms with Gasteiger partial charge in [0, 0.05) is 18.4 Å². The van der Waals surface area contributed by atoms with E-state index in [2.05, 4.69) is 10.6 Å². The van der Waals surface area contributed by atoms with Crippen LogP contribution in [0.25, 0.3) is 0 Å². The van der Waals surface area contributed by atoms with Gasteiger partial charge in [-0.25, -0.2) is 0 Å². The molecule has 2 aliphatic rings. The Kier molecular flexibility index (Phi) is 6.42. The first-order chi connectivity index (χ1) is 11.0. The molecular weight excluding hydrogens is 296 g/mol. The van der Waals surface area contributed by atoms with Crippen molar-refractivity contribution in [1.82, 2.24) is 10.6 Å². The first-order valence-electron chi connectivity index (χ1n) is 8.78. The molecule has 2 rings (SSSR count). The molecule has 0 radical (unpaired) electrons. The lowest BCUT2D eigenvalue weighted by molar-refractivity contribution is -0.142. The molecule has 0 bridgehead atoms. The van der Waals surface area contributed by atoms with Crippen molar-refractivity contribution < 1.29 is 19.5 Å². The van der Waals surface area contributed by atoms with E-state index in [1.54, 1.807) is 0 Å². The average molecular weight is 324 g/mol. The summed E-state index contributed by atoms with van der Waals surface area (Å²) in [6.45, 7) is 1.47. The Labute approximate surface area is 137 Å². The smallest absolute Gasteiger partial charge is 0.325 e. The molecule has 2 saturated carbocycles. The molecule has 6 heteroatoms. The third-order valence-corrected chi connectivity index (χ3v) is 5.14. The number of carbonyl (C=O) groups excluding carboxylic acids is 2. The van der Waals surface area contributed by atoms with Crippen molar-refractivity contribution in [3.05, 3.63) is 0 Å². The number of rotatable bonds is 6. The standard InChI is InChI=1S/C17H28N2O4/c1-11(17(22)23)18-16(21)13-6-8-14(9-7-13)19-15(20)10-12-4-2-3-5-12/h11-14H,2-10H2,1H3,(H,18,21)(H,19,20)(H,22,23)/t11-,13?,14?/m0/s1. The van der Waals surface area contributed by atoms with Crippen LogP contribution >= 0.6 is 0 Å². The quantitative estimate of drug-likeness (QED) is 0.694. The number of carbonyl (C=O) groups is 3. The van der Waals surface area contributed by atoms with Crippen molar-refractivity contribution in [2.75, 3.05) is 0 Å². The summed E-state index contributed by atoms with van der Waals surface area (Å²) in [5.74, 6) is -0.652. The Balaban J connectivity index is 1.67. The summed E-state index contributed by atoms with van der Waals surface area (Å²) in [7, 11) is 0. The Bertz CT molecular complexity index is 438. The van der Waals surface area contributed by atoms with Crippen LogP contribution in [0.4, 0.5) is 0 Å². The van der Waals surface area contributed by atoms with Crippen LogP contribution in [-0.2, 0) is 14.4 Å². The minimum absolute atomic E-state index is 0.139. The summed E-state index contributed by atoms with van der Waals surface area (Å²) >= 11 is 0. The minimum atomic E-state index is -1.02. The van der Waals surface area contributed by atoms with Gasteiger partial charge in [0.1, 0.15) is 6.04 Å². The molecule has 0 aliphatic heterocycles. The lowest BCUT2D eigenvalue weighted by atomic mass is 9.85. The molecular formula is C17H28N2O4. The Morgan fingerprint density at radius 1 is 1.04 bits per heavy atom. The van der Waals surface area contributed by atoms with Crippen molar-refractivity contribution >= 4 is 17.8 Å². The van der Waals surface area contributed by atoms with Crippen LogP contribution in [0.5, 0.6) is 0 Å². The highest BCUT2D eigenvalue weighted by Crippen LogP contribution is 2.28. The van der Waals surface area contributed by atoms with E-state index >= 15 is 0 Å². The Morgan fingerprint density at radius 3 is 2.22 bits per heavy atom. The van der Waals surface area contributed by atoms with Gasteiger partial charge in [-0.15, -0.1) is 0 Å². The molecule has 1 atom stereocenters. The summed E-state index contributed by atoms with van der Waals surface area (Å²) < 4.78 is 0. The normalized spacial score (nSPS) is 26.5. The van der Waals surface area contributed by atoms with Gasteiger partial charge in [0.15, 0.2) is 0 Å². The lowest BCUT2D eigenvalue weighted by Crippen LogP contribution is -2.44. The van der Waals surface area contributed by atoms with E-state index < -0.39 is 12.0 Å². The van der Waals surface area contributed by atoms with Crippen LogP contribution in [-0.4, -0.2) is 35.0 Å². The summed E-state index contributed by atoms with van der Waals surface area (Å²) in [4.78, 5) is 34.8. The van der Waals surface area contributed by atoms with Gasteiger partial charge in [0.2, 0.25) is 11.8 Å². The van der Waals surface area contributed by atoms with E-state index in [4.69, 9.17) is 5.11 Å². The maximum atomic E-state index is 12.0. The summed E-state index contributed by atoms with van der Waals surface area (Å²) in [5.41, 5.74) is 0. The van der Waals surface area contributed by atoms with Crippen LogP contribution in [0.15, 0.2) is 0 Å². The Hall–Kier alpha value is -1.59. The number of amides is 2. The zero-order valence-electron chi connectivity index (χ0n) is 13.8. The Morgan fingerprint density at radius 2 is 1.65 bits per heavy atom. The van der Waals surface area contributed by atoms with Crippen LogP contribution in [0.2, 0.25) is 0 Å². The molecule has 6 nitrogen and oxygen atoms in total. The van der Waals surface area contributed by atoms with Gasteiger partial charge in [-0.05, 0) is 51.4 Å². The highest BCUT2D eigenvalue weighted by Gasteiger charge is 2.29. The largest absolute Gasteiger partial charge is 0.480 e.